The van der Waals surface area contributed by atoms with Crippen molar-refractivity contribution in [3.05, 3.63) is 29.8 Å². The Morgan fingerprint density at radius 3 is 1.91 bits per heavy atom. The average Bonchev–Trinajstić information content (AvgIpc) is 3.83. The molecular formula is C37H53NO8. The lowest BCUT2D eigenvalue weighted by molar-refractivity contribution is -0.179. The van der Waals surface area contributed by atoms with Crippen molar-refractivity contribution in [2.75, 3.05) is 39.6 Å². The van der Waals surface area contributed by atoms with Gasteiger partial charge in [-0.2, -0.15) is 0 Å². The Labute approximate surface area is 275 Å². The minimum Gasteiger partial charge on any atom is -0.490 e. The molecule has 0 spiro atoms. The molecule has 0 saturated heterocycles. The number of carbonyl (C=O) groups excluding carboxylic acids is 3. The van der Waals surface area contributed by atoms with Crippen molar-refractivity contribution in [2.24, 2.45) is 22.2 Å². The van der Waals surface area contributed by atoms with E-state index in [0.29, 0.717) is 18.9 Å². The minimum atomic E-state index is -1.52. The molecule has 1 atom stereocenters. The summed E-state index contributed by atoms with van der Waals surface area (Å²) in [6, 6.07) is 7.86. The summed E-state index contributed by atoms with van der Waals surface area (Å²) in [5.41, 5.74) is -2.32. The molecule has 1 N–H and O–H groups in total. The van der Waals surface area contributed by atoms with Crippen LogP contribution >= 0.6 is 0 Å². The van der Waals surface area contributed by atoms with Crippen LogP contribution in [0.25, 0.3) is 0 Å². The van der Waals surface area contributed by atoms with Gasteiger partial charge in [0.2, 0.25) is 0 Å². The fraction of sp³-hybridized carbons (Fsp3) is 0.649. The van der Waals surface area contributed by atoms with Crippen LogP contribution in [0.3, 0.4) is 0 Å². The Bertz CT molecular complexity index is 1170. The van der Waals surface area contributed by atoms with Crippen molar-refractivity contribution in [2.45, 2.75) is 92.7 Å². The molecule has 1 aromatic rings. The highest BCUT2D eigenvalue weighted by Crippen LogP contribution is 2.29. The highest BCUT2D eigenvalue weighted by Gasteiger charge is 2.42. The first-order valence-corrected chi connectivity index (χ1v) is 16.1. The summed E-state index contributed by atoms with van der Waals surface area (Å²) in [5, 5.41) is 3.28. The molecule has 0 aliphatic heterocycles. The van der Waals surface area contributed by atoms with E-state index in [1.165, 1.54) is 19.8 Å². The zero-order valence-corrected chi connectivity index (χ0v) is 28.7. The molecule has 9 heteroatoms. The van der Waals surface area contributed by atoms with Crippen LogP contribution in [-0.2, 0) is 39.8 Å². The molecule has 0 bridgehead atoms. The van der Waals surface area contributed by atoms with Crippen LogP contribution in [0.4, 0.5) is 0 Å². The molecule has 0 unspecified atom stereocenters. The summed E-state index contributed by atoms with van der Waals surface area (Å²) < 4.78 is 28.8. The van der Waals surface area contributed by atoms with Crippen molar-refractivity contribution in [3.63, 3.8) is 0 Å². The number of terminal acetylenes is 2. The molecular weight excluding hydrogens is 586 g/mol. The Kier molecular flexibility index (Phi) is 15.1. The third kappa shape index (κ3) is 13.4. The van der Waals surface area contributed by atoms with Crippen LogP contribution in [0, 0.1) is 46.9 Å². The fourth-order valence-electron chi connectivity index (χ4n) is 4.12. The standard InChI is InChI=1S/C37H53NO8/c1-10-19-35(5,6)32(39)44-25-37(9,26-45-33(40)36(7,8)20-11-2)34(41)46-31(22-38-27(3)4)24-43-30-16-14-28(15-17-30)18-21-42-23-29-12-13-29/h1-2,14-17,27,29,31,38H,12-13,18-26H2,3-9H3/t31-/m0/s1. The van der Waals surface area contributed by atoms with Gasteiger partial charge < -0.3 is 29.0 Å². The summed E-state index contributed by atoms with van der Waals surface area (Å²) >= 11 is 0. The number of esters is 3. The normalized spacial score (nSPS) is 14.1. The van der Waals surface area contributed by atoms with Gasteiger partial charge in [-0.3, -0.25) is 14.4 Å². The molecule has 0 heterocycles. The first-order valence-electron chi connectivity index (χ1n) is 16.1. The summed E-state index contributed by atoms with van der Waals surface area (Å²) in [4.78, 5) is 39.5. The smallest absolute Gasteiger partial charge is 0.319 e. The Morgan fingerprint density at radius 1 is 0.891 bits per heavy atom. The summed E-state index contributed by atoms with van der Waals surface area (Å²) in [5.74, 6) is 4.44. The van der Waals surface area contributed by atoms with Crippen LogP contribution in [0.5, 0.6) is 5.75 Å². The highest BCUT2D eigenvalue weighted by molar-refractivity contribution is 5.80. The number of hydrogen-bond donors (Lipinski definition) is 1. The number of ether oxygens (including phenoxy) is 5. The van der Waals surface area contributed by atoms with Gasteiger partial charge in [-0.05, 0) is 77.5 Å². The van der Waals surface area contributed by atoms with E-state index in [1.807, 2.05) is 38.1 Å². The molecule has 0 aromatic heterocycles. The maximum atomic E-state index is 13.8. The van der Waals surface area contributed by atoms with E-state index in [4.69, 9.17) is 36.5 Å². The van der Waals surface area contributed by atoms with Gasteiger partial charge in [-0.1, -0.05) is 26.0 Å². The average molecular weight is 640 g/mol. The van der Waals surface area contributed by atoms with E-state index >= 15 is 0 Å². The SMILES string of the molecule is C#CCC(C)(C)C(=O)OCC(C)(COC(=O)C(C)(C)CC#C)C(=O)O[C@@H](CNC(C)C)COc1ccc(CCOCC2CC2)cc1. The van der Waals surface area contributed by atoms with Gasteiger partial charge >= 0.3 is 17.9 Å². The summed E-state index contributed by atoms with van der Waals surface area (Å²) in [6.07, 6.45) is 13.8. The van der Waals surface area contributed by atoms with E-state index in [9.17, 15) is 14.4 Å². The molecule has 1 aliphatic rings. The molecule has 1 saturated carbocycles. The number of hydrogen-bond acceptors (Lipinski definition) is 9. The second-order valence-electron chi connectivity index (χ2n) is 14.1. The van der Waals surface area contributed by atoms with Crippen molar-refractivity contribution >= 4 is 17.9 Å². The van der Waals surface area contributed by atoms with Gasteiger partial charge in [0.05, 0.1) is 17.4 Å². The zero-order chi connectivity index (χ0) is 34.4. The van der Waals surface area contributed by atoms with Crippen LogP contribution < -0.4 is 10.1 Å². The Hall–Kier alpha value is -3.53. The third-order valence-corrected chi connectivity index (χ3v) is 7.70. The predicted octanol–water partition coefficient (Wildman–Crippen LogP) is 5.14. The van der Waals surface area contributed by atoms with Gasteiger partial charge in [0.15, 0.2) is 0 Å². The quantitative estimate of drug-likeness (QED) is 0.0847. The third-order valence-electron chi connectivity index (χ3n) is 7.70. The van der Waals surface area contributed by atoms with Gasteiger partial charge in [0, 0.05) is 32.0 Å². The number of carbonyl (C=O) groups is 3. The van der Waals surface area contributed by atoms with E-state index in [1.54, 1.807) is 27.7 Å². The maximum Gasteiger partial charge on any atom is 0.319 e. The van der Waals surface area contributed by atoms with Gasteiger partial charge in [0.25, 0.3) is 0 Å². The number of nitrogens with one attached hydrogen (secondary N) is 1. The first-order chi connectivity index (χ1) is 21.6. The highest BCUT2D eigenvalue weighted by atomic mass is 16.6. The zero-order valence-electron chi connectivity index (χ0n) is 28.7. The lowest BCUT2D eigenvalue weighted by atomic mass is 9.88. The molecule has 9 nitrogen and oxygen atoms in total. The lowest BCUT2D eigenvalue weighted by Crippen LogP contribution is -2.46. The lowest BCUT2D eigenvalue weighted by Gasteiger charge is -2.31. The van der Waals surface area contributed by atoms with Gasteiger partial charge in [0.1, 0.15) is 37.1 Å². The molecule has 0 amide bonds. The largest absolute Gasteiger partial charge is 0.490 e. The fourth-order valence-corrected chi connectivity index (χ4v) is 4.12. The molecule has 1 fully saturated rings. The Morgan fingerprint density at radius 2 is 1.43 bits per heavy atom. The minimum absolute atomic E-state index is 0.0648. The summed E-state index contributed by atoms with van der Waals surface area (Å²) in [6.45, 7) is 13.2. The maximum absolute atomic E-state index is 13.8. The topological polar surface area (TPSA) is 109 Å². The van der Waals surface area contributed by atoms with Crippen LogP contribution in [0.1, 0.15) is 79.7 Å². The van der Waals surface area contributed by atoms with E-state index < -0.39 is 53.5 Å². The second kappa shape index (κ2) is 18.0. The van der Waals surface area contributed by atoms with E-state index in [-0.39, 0.29) is 25.5 Å². The number of rotatable bonds is 21. The van der Waals surface area contributed by atoms with Crippen LogP contribution in [0.15, 0.2) is 24.3 Å². The van der Waals surface area contributed by atoms with E-state index in [0.717, 1.165) is 24.5 Å². The summed E-state index contributed by atoms with van der Waals surface area (Å²) in [7, 11) is 0. The molecule has 1 aliphatic carbocycles. The molecule has 2 rings (SSSR count). The van der Waals surface area contributed by atoms with Crippen LogP contribution in [0.2, 0.25) is 0 Å². The van der Waals surface area contributed by atoms with E-state index in [2.05, 4.69) is 17.2 Å². The predicted molar refractivity (Wildman–Crippen MR) is 177 cm³/mol. The number of benzene rings is 1. The van der Waals surface area contributed by atoms with Gasteiger partial charge in [-0.15, -0.1) is 24.7 Å². The molecule has 46 heavy (non-hydrogen) atoms. The van der Waals surface area contributed by atoms with Crippen molar-refractivity contribution in [3.8, 4) is 30.4 Å². The molecule has 1 aromatic carbocycles. The van der Waals surface area contributed by atoms with Crippen LogP contribution in [-0.4, -0.2) is 69.6 Å². The van der Waals surface area contributed by atoms with Gasteiger partial charge in [-0.25, -0.2) is 0 Å². The molecule has 254 valence electrons. The molecule has 0 radical (unpaired) electrons. The van der Waals surface area contributed by atoms with Crippen molar-refractivity contribution < 1.29 is 38.1 Å². The van der Waals surface area contributed by atoms with Crippen molar-refractivity contribution in [1.82, 2.24) is 5.32 Å². The Balaban J connectivity index is 2.12. The van der Waals surface area contributed by atoms with Crippen molar-refractivity contribution in [1.29, 1.82) is 0 Å². The second-order valence-corrected chi connectivity index (χ2v) is 14.1. The monoisotopic (exact) mass is 639 g/mol. The first kappa shape index (κ1) is 38.7.